The summed E-state index contributed by atoms with van der Waals surface area (Å²) in [5.74, 6) is -1.76. The molecule has 2 aromatic carbocycles. The van der Waals surface area contributed by atoms with Crippen molar-refractivity contribution in [1.82, 2.24) is 29.5 Å². The molecule has 1 spiro atoms. The van der Waals surface area contributed by atoms with E-state index in [4.69, 9.17) is 11.5 Å². The molecule has 0 saturated carbocycles. The van der Waals surface area contributed by atoms with Crippen LogP contribution in [-0.2, 0) is 42.2 Å². The summed E-state index contributed by atoms with van der Waals surface area (Å²) in [5, 5.41) is 8.64. The van der Waals surface area contributed by atoms with Crippen molar-refractivity contribution in [2.75, 3.05) is 46.8 Å². The second kappa shape index (κ2) is 18.9. The lowest BCUT2D eigenvalue weighted by molar-refractivity contribution is -0.147. The van der Waals surface area contributed by atoms with Crippen molar-refractivity contribution in [1.29, 1.82) is 0 Å². The first-order valence-corrected chi connectivity index (χ1v) is 19.9. The summed E-state index contributed by atoms with van der Waals surface area (Å²) in [4.78, 5) is 56.8. The van der Waals surface area contributed by atoms with Gasteiger partial charge in [0.1, 0.15) is 18.1 Å². The molecule has 2 fully saturated rings. The van der Waals surface area contributed by atoms with Crippen LogP contribution >= 0.6 is 0 Å². The first-order valence-electron chi connectivity index (χ1n) is 18.5. The van der Waals surface area contributed by atoms with Crippen molar-refractivity contribution in [2.45, 2.75) is 83.0 Å². The van der Waals surface area contributed by atoms with E-state index in [1.165, 1.54) is 22.7 Å². The molecular weight excluding hydrogens is 697 g/mol. The highest BCUT2D eigenvalue weighted by molar-refractivity contribution is 7.86. The minimum absolute atomic E-state index is 0.0119. The molecule has 2 heterocycles. The monoisotopic (exact) mass is 754 g/mol. The molecule has 292 valence electrons. The lowest BCUT2D eigenvalue weighted by atomic mass is 9.78. The summed E-state index contributed by atoms with van der Waals surface area (Å²) < 4.78 is 28.1. The Hall–Kier alpha value is -3.89. The van der Waals surface area contributed by atoms with Crippen molar-refractivity contribution in [3.05, 3.63) is 71.8 Å². The normalized spacial score (nSPS) is 17.9. The maximum Gasteiger partial charge on any atom is 0.281 e. The third kappa shape index (κ3) is 11.5. The van der Waals surface area contributed by atoms with E-state index in [1.54, 1.807) is 4.90 Å². The van der Waals surface area contributed by atoms with Crippen molar-refractivity contribution in [3.63, 3.8) is 0 Å². The summed E-state index contributed by atoms with van der Waals surface area (Å²) in [6.45, 7) is 5.82. The minimum atomic E-state index is -3.56. The van der Waals surface area contributed by atoms with Crippen LogP contribution in [0, 0.1) is 11.3 Å². The third-order valence-electron chi connectivity index (χ3n) is 10.0. The molecule has 0 aliphatic carbocycles. The fourth-order valence-electron chi connectivity index (χ4n) is 7.02. The van der Waals surface area contributed by atoms with E-state index in [-0.39, 0.29) is 30.1 Å². The number of carbonyl (C=O) groups is 4. The maximum atomic E-state index is 14.0. The van der Waals surface area contributed by atoms with Crippen LogP contribution in [0.5, 0.6) is 0 Å². The summed E-state index contributed by atoms with van der Waals surface area (Å²) in [6, 6.07) is 14.9. The minimum Gasteiger partial charge on any atom is -0.343 e. The van der Waals surface area contributed by atoms with Crippen LogP contribution in [0.15, 0.2) is 60.7 Å². The SMILES string of the molecule is CC(C)CC(NC(=O)[C@@H](Cc1ccccc1)NC(=O)[C@H](N)Cc1ccccc1)C(=O)N[C@H](CCCCN)C(=O)N1CC2(CCN(S(=O)(=O)N(C)C)C2)C1. The Balaban J connectivity index is 1.45. The van der Waals surface area contributed by atoms with Gasteiger partial charge in [0.2, 0.25) is 23.6 Å². The number of likely N-dealkylation sites (tertiary alicyclic amines) is 1. The molecule has 0 radical (unpaired) electrons. The molecule has 7 N–H and O–H groups in total. The zero-order chi connectivity index (χ0) is 38.8. The Labute approximate surface area is 314 Å². The molecule has 4 rings (SSSR count). The van der Waals surface area contributed by atoms with Gasteiger partial charge in [-0.2, -0.15) is 17.0 Å². The van der Waals surface area contributed by atoms with Crippen molar-refractivity contribution >= 4 is 33.8 Å². The Bertz CT molecular complexity index is 1640. The van der Waals surface area contributed by atoms with Crippen molar-refractivity contribution in [2.24, 2.45) is 22.8 Å². The Morgan fingerprint density at radius 3 is 1.91 bits per heavy atom. The second-order valence-electron chi connectivity index (χ2n) is 15.2. The van der Waals surface area contributed by atoms with Gasteiger partial charge in [0, 0.05) is 52.1 Å². The first kappa shape index (κ1) is 41.9. The molecule has 2 aromatic rings. The predicted molar refractivity (Wildman–Crippen MR) is 204 cm³/mol. The fraction of sp³-hybridized carbons (Fsp3) is 0.579. The third-order valence-corrected chi connectivity index (χ3v) is 11.9. The lowest BCUT2D eigenvalue weighted by Gasteiger charge is -2.49. The first-order chi connectivity index (χ1) is 25.1. The molecule has 1 unspecified atom stereocenters. The summed E-state index contributed by atoms with van der Waals surface area (Å²) >= 11 is 0. The summed E-state index contributed by atoms with van der Waals surface area (Å²) in [5.41, 5.74) is 13.4. The van der Waals surface area contributed by atoms with E-state index >= 15 is 0 Å². The average Bonchev–Trinajstić information content (AvgIpc) is 3.57. The smallest absolute Gasteiger partial charge is 0.281 e. The number of benzene rings is 2. The zero-order valence-corrected chi connectivity index (χ0v) is 32.3. The molecule has 0 aromatic heterocycles. The molecule has 14 nitrogen and oxygen atoms in total. The topological polar surface area (TPSA) is 200 Å². The largest absolute Gasteiger partial charge is 0.343 e. The van der Waals surface area contributed by atoms with Gasteiger partial charge in [-0.25, -0.2) is 0 Å². The van der Waals surface area contributed by atoms with Crippen LogP contribution in [0.25, 0.3) is 0 Å². The molecule has 53 heavy (non-hydrogen) atoms. The van der Waals surface area contributed by atoms with E-state index in [0.717, 1.165) is 11.1 Å². The number of hydrogen-bond acceptors (Lipinski definition) is 8. The quantitative estimate of drug-likeness (QED) is 0.130. The molecule has 4 atom stereocenters. The number of nitrogens with two attached hydrogens (primary N) is 2. The van der Waals surface area contributed by atoms with Gasteiger partial charge in [0.15, 0.2) is 0 Å². The Morgan fingerprint density at radius 1 is 0.792 bits per heavy atom. The molecule has 2 aliphatic rings. The van der Waals surface area contributed by atoms with Crippen molar-refractivity contribution in [3.8, 4) is 0 Å². The second-order valence-corrected chi connectivity index (χ2v) is 17.3. The molecule has 2 saturated heterocycles. The van der Waals surface area contributed by atoms with Crippen molar-refractivity contribution < 1.29 is 27.6 Å². The van der Waals surface area contributed by atoms with Gasteiger partial charge >= 0.3 is 0 Å². The van der Waals surface area contributed by atoms with E-state index in [9.17, 15) is 27.6 Å². The van der Waals surface area contributed by atoms with Gasteiger partial charge in [-0.05, 0) is 62.1 Å². The average molecular weight is 755 g/mol. The molecule has 2 aliphatic heterocycles. The van der Waals surface area contributed by atoms with E-state index < -0.39 is 52.1 Å². The molecule has 0 bridgehead atoms. The number of carbonyl (C=O) groups excluding carboxylic acids is 4. The molecule has 15 heteroatoms. The van der Waals surface area contributed by atoms with E-state index in [1.807, 2.05) is 74.5 Å². The highest BCUT2D eigenvalue weighted by Crippen LogP contribution is 2.41. The summed E-state index contributed by atoms with van der Waals surface area (Å²) in [6.07, 6.45) is 3.04. The lowest BCUT2D eigenvalue weighted by Crippen LogP contribution is -2.64. The number of unbranched alkanes of at least 4 members (excludes halogenated alkanes) is 1. The number of amides is 4. The highest BCUT2D eigenvalue weighted by Gasteiger charge is 2.52. The van der Waals surface area contributed by atoms with Gasteiger partial charge in [-0.3, -0.25) is 19.2 Å². The predicted octanol–water partition coefficient (Wildman–Crippen LogP) is 0.769. The number of rotatable bonds is 19. The van der Waals surface area contributed by atoms with Crippen LogP contribution in [0.1, 0.15) is 57.1 Å². The van der Waals surface area contributed by atoms with Gasteiger partial charge in [0.05, 0.1) is 6.04 Å². The zero-order valence-electron chi connectivity index (χ0n) is 31.5. The highest BCUT2D eigenvalue weighted by atomic mass is 32.2. The van der Waals surface area contributed by atoms with Crippen LogP contribution in [0.3, 0.4) is 0 Å². The van der Waals surface area contributed by atoms with Gasteiger partial charge in [0.25, 0.3) is 10.2 Å². The van der Waals surface area contributed by atoms with Gasteiger partial charge in [-0.15, -0.1) is 0 Å². The van der Waals surface area contributed by atoms with Crippen LogP contribution < -0.4 is 27.4 Å². The van der Waals surface area contributed by atoms with E-state index in [0.29, 0.717) is 64.8 Å². The van der Waals surface area contributed by atoms with Crippen LogP contribution in [-0.4, -0.2) is 117 Å². The number of nitrogens with one attached hydrogen (secondary N) is 3. The van der Waals surface area contributed by atoms with Gasteiger partial charge in [-0.1, -0.05) is 74.5 Å². The Morgan fingerprint density at radius 2 is 1.34 bits per heavy atom. The van der Waals surface area contributed by atoms with Crippen LogP contribution in [0.4, 0.5) is 0 Å². The Kier molecular flexibility index (Phi) is 14.9. The van der Waals surface area contributed by atoms with Gasteiger partial charge < -0.3 is 32.3 Å². The van der Waals surface area contributed by atoms with Crippen LogP contribution in [0.2, 0.25) is 0 Å². The summed E-state index contributed by atoms with van der Waals surface area (Å²) in [7, 11) is -0.551. The number of hydrogen-bond donors (Lipinski definition) is 5. The maximum absolute atomic E-state index is 14.0. The van der Waals surface area contributed by atoms with E-state index in [2.05, 4.69) is 16.0 Å². The molecule has 4 amide bonds. The standard InChI is InChI=1S/C38H58N8O6S/c1-27(2)21-32(43-36(49)33(23-29-15-9-6-10-16-29)42-34(47)30(40)22-28-13-7-5-8-14-28)35(48)41-31(17-11-12-19-39)37(50)45-24-38(25-45)18-20-46(26-38)53(51,52)44(3)4/h5-10,13-16,27,30-33H,11-12,17-26,39-40H2,1-4H3,(H,41,48)(H,42,47)(H,43,49)/t30-,31-,32?,33-/m1/s1. The fourth-order valence-corrected chi connectivity index (χ4v) is 8.24. The molecular formula is C38H58N8O6S. The number of nitrogens with zero attached hydrogens (tertiary/aromatic N) is 3.